The second-order valence-corrected chi connectivity index (χ2v) is 2.55. The summed E-state index contributed by atoms with van der Waals surface area (Å²) in [5.41, 5.74) is 7.43. The fraction of sp³-hybridized carbons (Fsp3) is 0.250. The number of aryl methyl sites for hydroxylation is 1. The van der Waals surface area contributed by atoms with Crippen molar-refractivity contribution in [2.45, 2.75) is 13.3 Å². The molecule has 0 aliphatic rings. The minimum Gasteiger partial charge on any atom is -0.422 e. The van der Waals surface area contributed by atoms with E-state index in [4.69, 9.17) is 10.2 Å². The van der Waals surface area contributed by atoms with Gasteiger partial charge < -0.3 is 10.2 Å². The van der Waals surface area contributed by atoms with Gasteiger partial charge in [0.1, 0.15) is 5.52 Å². The number of fused-ring (bicyclic) bond motifs is 1. The number of hydrogen-bond donors (Lipinski definition) is 1. The Hall–Kier alpha value is -1.58. The summed E-state index contributed by atoms with van der Waals surface area (Å²) in [5.74, 6) is 0.697. The minimum absolute atomic E-state index is 0.557. The summed E-state index contributed by atoms with van der Waals surface area (Å²) in [4.78, 5) is 8.18. The number of pyridine rings is 1. The zero-order valence-electron chi connectivity index (χ0n) is 6.74. The molecular weight excluding hydrogens is 154 g/mol. The molecular formula is C8H9N3O. The number of anilines is 1. The Morgan fingerprint density at radius 3 is 3.17 bits per heavy atom. The summed E-state index contributed by atoms with van der Waals surface area (Å²) in [7, 11) is 0. The number of nitrogens with zero attached hydrogens (tertiary/aromatic N) is 2. The molecule has 4 heteroatoms. The average Bonchev–Trinajstić information content (AvgIpc) is 2.46. The first-order chi connectivity index (χ1) is 5.79. The lowest BCUT2D eigenvalue weighted by molar-refractivity contribution is 0.529. The van der Waals surface area contributed by atoms with E-state index in [0.29, 0.717) is 17.3 Å². The molecule has 12 heavy (non-hydrogen) atoms. The maximum atomic E-state index is 5.53. The number of rotatable bonds is 1. The van der Waals surface area contributed by atoms with Crippen LogP contribution in [0.3, 0.4) is 0 Å². The highest BCUT2D eigenvalue weighted by Gasteiger charge is 2.04. The highest BCUT2D eigenvalue weighted by Crippen LogP contribution is 2.15. The third-order valence-corrected chi connectivity index (χ3v) is 1.62. The second kappa shape index (κ2) is 2.48. The van der Waals surface area contributed by atoms with Crippen LogP contribution >= 0.6 is 0 Å². The third kappa shape index (κ3) is 1.01. The van der Waals surface area contributed by atoms with Gasteiger partial charge >= 0.3 is 0 Å². The Kier molecular flexibility index (Phi) is 1.46. The molecule has 4 nitrogen and oxygen atoms in total. The normalized spacial score (nSPS) is 10.8. The lowest BCUT2D eigenvalue weighted by Gasteiger charge is -1.87. The molecule has 2 aromatic rings. The first kappa shape index (κ1) is 7.09. The lowest BCUT2D eigenvalue weighted by atomic mass is 10.4. The standard InChI is InChI=1S/C8H9N3O/c1-2-7-11-6-3-5(9)4-10-8(6)12-7/h3-4H,2,9H2,1H3. The summed E-state index contributed by atoms with van der Waals surface area (Å²) >= 11 is 0. The molecule has 0 amide bonds. The van der Waals surface area contributed by atoms with E-state index in [-0.39, 0.29) is 0 Å². The predicted molar refractivity (Wildman–Crippen MR) is 45.6 cm³/mol. The van der Waals surface area contributed by atoms with Gasteiger partial charge in [0, 0.05) is 6.42 Å². The summed E-state index contributed by atoms with van der Waals surface area (Å²) in [5, 5.41) is 0. The topological polar surface area (TPSA) is 64.9 Å². The zero-order valence-corrected chi connectivity index (χ0v) is 6.74. The van der Waals surface area contributed by atoms with E-state index < -0.39 is 0 Å². The van der Waals surface area contributed by atoms with Gasteiger partial charge in [-0.3, -0.25) is 0 Å². The summed E-state index contributed by atoms with van der Waals surface area (Å²) < 4.78 is 5.29. The maximum absolute atomic E-state index is 5.53. The molecule has 2 aromatic heterocycles. The van der Waals surface area contributed by atoms with Crippen LogP contribution in [0.2, 0.25) is 0 Å². The molecule has 0 unspecified atom stereocenters. The van der Waals surface area contributed by atoms with Crippen LogP contribution in [0.5, 0.6) is 0 Å². The van der Waals surface area contributed by atoms with Crippen LogP contribution < -0.4 is 5.73 Å². The van der Waals surface area contributed by atoms with Gasteiger partial charge in [-0.15, -0.1) is 0 Å². The summed E-state index contributed by atoms with van der Waals surface area (Å²) in [6.07, 6.45) is 2.34. The van der Waals surface area contributed by atoms with Gasteiger partial charge in [-0.1, -0.05) is 6.92 Å². The molecule has 2 rings (SSSR count). The molecule has 0 saturated heterocycles. The Morgan fingerprint density at radius 2 is 2.42 bits per heavy atom. The van der Waals surface area contributed by atoms with Crippen LogP contribution in [0.25, 0.3) is 11.2 Å². The molecule has 2 N–H and O–H groups in total. The number of hydrogen-bond acceptors (Lipinski definition) is 4. The SMILES string of the molecule is CCc1nc2cc(N)cnc2o1. The van der Waals surface area contributed by atoms with Gasteiger partial charge in [-0.2, -0.15) is 0 Å². The van der Waals surface area contributed by atoms with Crippen molar-refractivity contribution in [3.63, 3.8) is 0 Å². The molecule has 2 heterocycles. The first-order valence-electron chi connectivity index (χ1n) is 3.80. The van der Waals surface area contributed by atoms with Crippen LogP contribution in [-0.2, 0) is 6.42 Å². The van der Waals surface area contributed by atoms with E-state index in [1.807, 2.05) is 6.92 Å². The molecule has 0 radical (unpaired) electrons. The van der Waals surface area contributed by atoms with E-state index in [9.17, 15) is 0 Å². The molecule has 0 aliphatic carbocycles. The van der Waals surface area contributed by atoms with Crippen LogP contribution in [-0.4, -0.2) is 9.97 Å². The van der Waals surface area contributed by atoms with E-state index in [2.05, 4.69) is 9.97 Å². The van der Waals surface area contributed by atoms with Gasteiger partial charge in [0.15, 0.2) is 5.89 Å². The van der Waals surface area contributed by atoms with Gasteiger partial charge in [0.2, 0.25) is 5.71 Å². The molecule has 0 saturated carbocycles. The average molecular weight is 163 g/mol. The molecule has 0 bridgehead atoms. The Labute approximate surface area is 69.4 Å². The van der Waals surface area contributed by atoms with Crippen LogP contribution in [0.1, 0.15) is 12.8 Å². The second-order valence-electron chi connectivity index (χ2n) is 2.55. The van der Waals surface area contributed by atoms with Gasteiger partial charge in [-0.25, -0.2) is 9.97 Å². The van der Waals surface area contributed by atoms with E-state index in [0.717, 1.165) is 11.9 Å². The monoisotopic (exact) mass is 163 g/mol. The van der Waals surface area contributed by atoms with Gasteiger partial charge in [0.05, 0.1) is 11.9 Å². The number of oxazole rings is 1. The minimum atomic E-state index is 0.557. The Bertz CT molecular complexity index is 408. The molecule has 0 fully saturated rings. The summed E-state index contributed by atoms with van der Waals surface area (Å²) in [6.45, 7) is 1.98. The molecule has 0 spiro atoms. The fourth-order valence-electron chi connectivity index (χ4n) is 1.03. The molecule has 0 aromatic carbocycles. The molecule has 62 valence electrons. The Balaban J connectivity index is 2.67. The highest BCUT2D eigenvalue weighted by atomic mass is 16.4. The van der Waals surface area contributed by atoms with Crippen molar-refractivity contribution in [3.05, 3.63) is 18.2 Å². The van der Waals surface area contributed by atoms with Gasteiger partial charge in [0.25, 0.3) is 0 Å². The van der Waals surface area contributed by atoms with Crippen molar-refractivity contribution >= 4 is 16.9 Å². The Morgan fingerprint density at radius 1 is 1.58 bits per heavy atom. The number of nitrogen functional groups attached to an aromatic ring is 1. The smallest absolute Gasteiger partial charge is 0.247 e. The van der Waals surface area contributed by atoms with Crippen molar-refractivity contribution in [3.8, 4) is 0 Å². The van der Waals surface area contributed by atoms with Gasteiger partial charge in [-0.05, 0) is 6.07 Å². The largest absolute Gasteiger partial charge is 0.422 e. The van der Waals surface area contributed by atoms with E-state index in [1.54, 1.807) is 12.3 Å². The van der Waals surface area contributed by atoms with Crippen molar-refractivity contribution < 1.29 is 4.42 Å². The molecule has 0 atom stereocenters. The van der Waals surface area contributed by atoms with Crippen LogP contribution in [0, 0.1) is 0 Å². The molecule has 0 aliphatic heterocycles. The van der Waals surface area contributed by atoms with Crippen molar-refractivity contribution in [2.24, 2.45) is 0 Å². The third-order valence-electron chi connectivity index (χ3n) is 1.62. The zero-order chi connectivity index (χ0) is 8.55. The van der Waals surface area contributed by atoms with Crippen molar-refractivity contribution in [1.29, 1.82) is 0 Å². The predicted octanol–water partition coefficient (Wildman–Crippen LogP) is 1.37. The number of nitrogens with two attached hydrogens (primary N) is 1. The van der Waals surface area contributed by atoms with Crippen molar-refractivity contribution in [1.82, 2.24) is 9.97 Å². The van der Waals surface area contributed by atoms with E-state index in [1.165, 1.54) is 0 Å². The van der Waals surface area contributed by atoms with Crippen molar-refractivity contribution in [2.75, 3.05) is 5.73 Å². The quantitative estimate of drug-likeness (QED) is 0.689. The number of aromatic nitrogens is 2. The maximum Gasteiger partial charge on any atom is 0.247 e. The fourth-order valence-corrected chi connectivity index (χ4v) is 1.03. The van der Waals surface area contributed by atoms with Crippen LogP contribution in [0.4, 0.5) is 5.69 Å². The lowest BCUT2D eigenvalue weighted by Crippen LogP contribution is -1.85. The van der Waals surface area contributed by atoms with E-state index >= 15 is 0 Å². The summed E-state index contributed by atoms with van der Waals surface area (Å²) in [6, 6.07) is 1.75. The first-order valence-corrected chi connectivity index (χ1v) is 3.80. The van der Waals surface area contributed by atoms with Crippen LogP contribution in [0.15, 0.2) is 16.7 Å². The highest BCUT2D eigenvalue weighted by molar-refractivity contribution is 5.71.